The van der Waals surface area contributed by atoms with Gasteiger partial charge in [-0.15, -0.1) is 0 Å². The molecule has 2 fully saturated rings. The summed E-state index contributed by atoms with van der Waals surface area (Å²) in [5.41, 5.74) is 6.50. The molecule has 0 aliphatic heterocycles. The average molecular weight is 274 g/mol. The van der Waals surface area contributed by atoms with Gasteiger partial charge in [0, 0.05) is 18.0 Å². The lowest BCUT2D eigenvalue weighted by Crippen LogP contribution is -2.38. The first-order valence-electron chi connectivity index (χ1n) is 7.49. The van der Waals surface area contributed by atoms with Crippen LogP contribution < -0.4 is 11.1 Å². The number of primary amides is 1. The Kier molecular flexibility index (Phi) is 3.92. The highest BCUT2D eigenvalue weighted by Crippen LogP contribution is 2.41. The number of hydrogen-bond donors (Lipinski definition) is 2. The lowest BCUT2D eigenvalue weighted by molar-refractivity contribution is 0.0756. The van der Waals surface area contributed by atoms with Crippen molar-refractivity contribution in [3.8, 4) is 0 Å². The summed E-state index contributed by atoms with van der Waals surface area (Å²) in [6.07, 6.45) is 4.59. The van der Waals surface area contributed by atoms with Crippen molar-refractivity contribution >= 4 is 6.09 Å². The molecule has 2 atom stereocenters. The van der Waals surface area contributed by atoms with Crippen LogP contribution in [-0.4, -0.2) is 24.3 Å². The van der Waals surface area contributed by atoms with Crippen molar-refractivity contribution in [2.24, 2.45) is 5.73 Å². The summed E-state index contributed by atoms with van der Waals surface area (Å²) in [4.78, 5) is 10.7. The van der Waals surface area contributed by atoms with E-state index in [1.807, 2.05) is 0 Å². The first kappa shape index (κ1) is 13.4. The summed E-state index contributed by atoms with van der Waals surface area (Å²) in [5, 5.41) is 3.74. The second kappa shape index (κ2) is 5.83. The first-order valence-corrected chi connectivity index (χ1v) is 7.49. The molecule has 2 aliphatic rings. The zero-order chi connectivity index (χ0) is 13.9. The summed E-state index contributed by atoms with van der Waals surface area (Å²) in [6.45, 7) is 0. The fraction of sp³-hybridized carbons (Fsp3) is 0.562. The number of rotatable bonds is 4. The van der Waals surface area contributed by atoms with Crippen LogP contribution in [0.3, 0.4) is 0 Å². The highest BCUT2D eigenvalue weighted by molar-refractivity contribution is 5.64. The molecule has 20 heavy (non-hydrogen) atoms. The molecule has 2 aliphatic carbocycles. The van der Waals surface area contributed by atoms with E-state index in [4.69, 9.17) is 10.5 Å². The SMILES string of the molecule is NC(=O)OC1CCC(N[C@@H]2C[C@H]2c2ccccc2)CC1. The largest absolute Gasteiger partial charge is 0.446 e. The Bertz CT molecular complexity index is 455. The van der Waals surface area contributed by atoms with Crippen molar-refractivity contribution in [1.29, 1.82) is 0 Å². The molecule has 0 bridgehead atoms. The predicted molar refractivity (Wildman–Crippen MR) is 77.4 cm³/mol. The van der Waals surface area contributed by atoms with Crippen molar-refractivity contribution in [2.45, 2.75) is 56.2 Å². The summed E-state index contributed by atoms with van der Waals surface area (Å²) in [7, 11) is 0. The van der Waals surface area contributed by atoms with E-state index in [2.05, 4.69) is 35.6 Å². The number of ether oxygens (including phenoxy) is 1. The first-order chi connectivity index (χ1) is 9.72. The maximum atomic E-state index is 10.7. The third-order valence-corrected chi connectivity index (χ3v) is 4.42. The van der Waals surface area contributed by atoms with Crippen molar-refractivity contribution in [3.05, 3.63) is 35.9 Å². The van der Waals surface area contributed by atoms with Gasteiger partial charge in [0.05, 0.1) is 0 Å². The van der Waals surface area contributed by atoms with Gasteiger partial charge in [0.2, 0.25) is 0 Å². The molecule has 108 valence electrons. The molecule has 0 spiro atoms. The second-order valence-electron chi connectivity index (χ2n) is 5.94. The summed E-state index contributed by atoms with van der Waals surface area (Å²) in [5.74, 6) is 0.677. The minimum Gasteiger partial charge on any atom is -0.446 e. The van der Waals surface area contributed by atoms with Crippen LogP contribution in [0, 0.1) is 0 Å². The van der Waals surface area contributed by atoms with Crippen LogP contribution in [0.15, 0.2) is 30.3 Å². The van der Waals surface area contributed by atoms with Gasteiger partial charge in [0.15, 0.2) is 0 Å². The molecule has 4 nitrogen and oxygen atoms in total. The Labute approximate surface area is 119 Å². The normalized spacial score (nSPS) is 32.6. The Morgan fingerprint density at radius 3 is 2.50 bits per heavy atom. The van der Waals surface area contributed by atoms with Crippen LogP contribution in [0.2, 0.25) is 0 Å². The van der Waals surface area contributed by atoms with Crippen LogP contribution in [-0.2, 0) is 4.74 Å². The van der Waals surface area contributed by atoms with Crippen molar-refractivity contribution in [1.82, 2.24) is 5.32 Å². The zero-order valence-corrected chi connectivity index (χ0v) is 11.6. The third-order valence-electron chi connectivity index (χ3n) is 4.42. The van der Waals surface area contributed by atoms with Crippen molar-refractivity contribution < 1.29 is 9.53 Å². The molecule has 0 heterocycles. The van der Waals surface area contributed by atoms with Crippen LogP contribution in [0.1, 0.15) is 43.6 Å². The van der Waals surface area contributed by atoms with Gasteiger partial charge in [-0.1, -0.05) is 30.3 Å². The predicted octanol–water partition coefficient (Wildman–Crippen LogP) is 2.54. The number of carbonyl (C=O) groups excluding carboxylic acids is 1. The number of amides is 1. The van der Waals surface area contributed by atoms with E-state index in [-0.39, 0.29) is 6.10 Å². The summed E-state index contributed by atoms with van der Waals surface area (Å²) in [6, 6.07) is 11.9. The van der Waals surface area contributed by atoms with E-state index in [0.717, 1.165) is 25.7 Å². The van der Waals surface area contributed by atoms with Crippen LogP contribution in [0.4, 0.5) is 4.79 Å². The molecule has 0 saturated heterocycles. The van der Waals surface area contributed by atoms with Gasteiger partial charge in [-0.2, -0.15) is 0 Å². The van der Waals surface area contributed by atoms with E-state index < -0.39 is 6.09 Å². The van der Waals surface area contributed by atoms with Gasteiger partial charge in [-0.3, -0.25) is 0 Å². The van der Waals surface area contributed by atoms with E-state index >= 15 is 0 Å². The Morgan fingerprint density at radius 2 is 1.85 bits per heavy atom. The third kappa shape index (κ3) is 3.31. The van der Waals surface area contributed by atoms with Crippen LogP contribution >= 0.6 is 0 Å². The minimum atomic E-state index is -0.646. The molecule has 0 radical (unpaired) electrons. The van der Waals surface area contributed by atoms with Gasteiger partial charge in [-0.05, 0) is 37.7 Å². The molecule has 1 aromatic rings. The minimum absolute atomic E-state index is 0.0228. The van der Waals surface area contributed by atoms with E-state index in [0.29, 0.717) is 18.0 Å². The van der Waals surface area contributed by atoms with Gasteiger partial charge >= 0.3 is 6.09 Å². The number of carbonyl (C=O) groups is 1. The molecule has 1 amide bonds. The molecule has 2 saturated carbocycles. The lowest BCUT2D eigenvalue weighted by Gasteiger charge is -2.28. The quantitative estimate of drug-likeness (QED) is 0.886. The van der Waals surface area contributed by atoms with E-state index in [1.54, 1.807) is 0 Å². The molecule has 0 aromatic heterocycles. The summed E-state index contributed by atoms with van der Waals surface area (Å²) >= 11 is 0. The lowest BCUT2D eigenvalue weighted by atomic mass is 9.93. The van der Waals surface area contributed by atoms with Gasteiger partial charge in [0.25, 0.3) is 0 Å². The molecule has 4 heteroatoms. The molecular formula is C16H22N2O2. The standard InChI is InChI=1S/C16H22N2O2/c17-16(19)20-13-8-6-12(7-9-13)18-15-10-14(15)11-4-2-1-3-5-11/h1-5,12-15,18H,6-10H2,(H2,17,19)/t12?,13?,14-,15+/m0/s1. The van der Waals surface area contributed by atoms with Crippen molar-refractivity contribution in [3.63, 3.8) is 0 Å². The smallest absolute Gasteiger partial charge is 0.404 e. The monoisotopic (exact) mass is 274 g/mol. The highest BCUT2D eigenvalue weighted by Gasteiger charge is 2.39. The zero-order valence-electron chi connectivity index (χ0n) is 11.6. The topological polar surface area (TPSA) is 64.4 Å². The fourth-order valence-corrected chi connectivity index (χ4v) is 3.26. The van der Waals surface area contributed by atoms with E-state index in [9.17, 15) is 4.79 Å². The number of benzene rings is 1. The van der Waals surface area contributed by atoms with Gasteiger partial charge < -0.3 is 15.8 Å². The highest BCUT2D eigenvalue weighted by atomic mass is 16.6. The van der Waals surface area contributed by atoms with Crippen LogP contribution in [0.25, 0.3) is 0 Å². The molecular weight excluding hydrogens is 252 g/mol. The molecule has 1 aromatic carbocycles. The number of nitrogens with two attached hydrogens (primary N) is 1. The average Bonchev–Trinajstić information content (AvgIpc) is 3.21. The molecule has 0 unspecified atom stereocenters. The Morgan fingerprint density at radius 1 is 1.15 bits per heavy atom. The van der Waals surface area contributed by atoms with Crippen molar-refractivity contribution in [2.75, 3.05) is 0 Å². The van der Waals surface area contributed by atoms with E-state index in [1.165, 1.54) is 12.0 Å². The Balaban J connectivity index is 1.42. The fourth-order valence-electron chi connectivity index (χ4n) is 3.26. The maximum Gasteiger partial charge on any atom is 0.404 e. The van der Waals surface area contributed by atoms with Gasteiger partial charge in [-0.25, -0.2) is 4.79 Å². The number of hydrogen-bond acceptors (Lipinski definition) is 3. The maximum absolute atomic E-state index is 10.7. The molecule has 3 rings (SSSR count). The molecule has 3 N–H and O–H groups in total. The number of nitrogens with one attached hydrogen (secondary N) is 1. The van der Waals surface area contributed by atoms with Gasteiger partial charge in [0.1, 0.15) is 6.10 Å². The van der Waals surface area contributed by atoms with Crippen LogP contribution in [0.5, 0.6) is 0 Å². The Hall–Kier alpha value is -1.55. The second-order valence-corrected chi connectivity index (χ2v) is 5.94. The summed E-state index contributed by atoms with van der Waals surface area (Å²) < 4.78 is 5.06.